The van der Waals surface area contributed by atoms with Gasteiger partial charge in [0.25, 0.3) is 0 Å². The smallest absolute Gasteiger partial charge is 0.417 e. The maximum Gasteiger partial charge on any atom is 0.417 e. The van der Waals surface area contributed by atoms with Crippen LogP contribution in [0.4, 0.5) is 22.0 Å². The minimum absolute atomic E-state index is 0.0183. The van der Waals surface area contributed by atoms with Gasteiger partial charge in [0.05, 0.1) is 5.56 Å². The Hall–Kier alpha value is -1.63. The van der Waals surface area contributed by atoms with Crippen molar-refractivity contribution in [2.75, 3.05) is 0 Å². The van der Waals surface area contributed by atoms with Crippen LogP contribution >= 0.6 is 15.9 Å². The summed E-state index contributed by atoms with van der Waals surface area (Å²) in [7, 11) is 0. The fraction of sp³-hybridized carbons (Fsp3) is 0.143. The highest BCUT2D eigenvalue weighted by Crippen LogP contribution is 2.37. The van der Waals surface area contributed by atoms with Crippen molar-refractivity contribution < 1.29 is 26.7 Å². The van der Waals surface area contributed by atoms with Crippen LogP contribution in [0.15, 0.2) is 40.9 Å². The van der Waals surface area contributed by atoms with E-state index in [1.54, 1.807) is 0 Å². The van der Waals surface area contributed by atoms with Gasteiger partial charge in [-0.25, -0.2) is 8.78 Å². The lowest BCUT2D eigenvalue weighted by molar-refractivity contribution is -0.138. The number of rotatable bonds is 3. The van der Waals surface area contributed by atoms with E-state index in [1.807, 2.05) is 0 Å². The summed E-state index contributed by atoms with van der Waals surface area (Å²) >= 11 is 2.81. The van der Waals surface area contributed by atoms with E-state index >= 15 is 0 Å². The van der Waals surface area contributed by atoms with E-state index in [0.29, 0.717) is 5.56 Å². The predicted molar refractivity (Wildman–Crippen MR) is 69.8 cm³/mol. The van der Waals surface area contributed by atoms with E-state index < -0.39 is 23.4 Å². The van der Waals surface area contributed by atoms with Crippen LogP contribution in [0.2, 0.25) is 0 Å². The van der Waals surface area contributed by atoms with Crippen LogP contribution in [-0.4, -0.2) is 0 Å². The van der Waals surface area contributed by atoms with Crippen molar-refractivity contribution in [1.82, 2.24) is 0 Å². The summed E-state index contributed by atoms with van der Waals surface area (Å²) in [5.41, 5.74) is -0.560. The Kier molecular flexibility index (Phi) is 4.51. The van der Waals surface area contributed by atoms with Crippen molar-refractivity contribution in [2.24, 2.45) is 0 Å². The van der Waals surface area contributed by atoms with E-state index in [4.69, 9.17) is 4.74 Å². The molecule has 2 aromatic carbocycles. The Bertz CT molecular complexity index is 654. The molecule has 7 heteroatoms. The summed E-state index contributed by atoms with van der Waals surface area (Å²) < 4.78 is 68.9. The zero-order valence-corrected chi connectivity index (χ0v) is 11.9. The normalized spacial score (nSPS) is 11.5. The Balaban J connectivity index is 2.15. The second-order valence-corrected chi connectivity index (χ2v) is 5.03. The van der Waals surface area contributed by atoms with Gasteiger partial charge < -0.3 is 4.74 Å². The van der Waals surface area contributed by atoms with Crippen molar-refractivity contribution in [3.63, 3.8) is 0 Å². The molecule has 1 nitrogen and oxygen atoms in total. The standard InChI is InChI=1S/C14H8BrF5O/c15-11-3-2-9(6-10(11)14(18,19)20)21-7-8-1-4-12(16)13(17)5-8/h1-6H,7H2. The quantitative estimate of drug-likeness (QED) is 0.667. The van der Waals surface area contributed by atoms with E-state index in [1.165, 1.54) is 18.2 Å². The number of ether oxygens (including phenoxy) is 1. The topological polar surface area (TPSA) is 9.23 Å². The molecule has 112 valence electrons. The fourth-order valence-electron chi connectivity index (χ4n) is 1.61. The van der Waals surface area contributed by atoms with E-state index in [0.717, 1.165) is 18.2 Å². The molecule has 0 aliphatic rings. The molecule has 0 fully saturated rings. The summed E-state index contributed by atoms with van der Waals surface area (Å²) in [6, 6.07) is 6.55. The van der Waals surface area contributed by atoms with Crippen molar-refractivity contribution in [1.29, 1.82) is 0 Å². The van der Waals surface area contributed by atoms with Crippen LogP contribution in [0.3, 0.4) is 0 Å². The van der Waals surface area contributed by atoms with Crippen molar-refractivity contribution in [3.8, 4) is 5.75 Å². The Morgan fingerprint density at radius 1 is 0.952 bits per heavy atom. The minimum atomic E-state index is -4.51. The molecule has 2 aromatic rings. The predicted octanol–water partition coefficient (Wildman–Crippen LogP) is 5.33. The first-order chi connectivity index (χ1) is 9.77. The van der Waals surface area contributed by atoms with Gasteiger partial charge in [-0.3, -0.25) is 0 Å². The Labute approximate surface area is 125 Å². The summed E-state index contributed by atoms with van der Waals surface area (Å²) in [6.45, 7) is -0.171. The first kappa shape index (κ1) is 15.8. The molecule has 0 N–H and O–H groups in total. The van der Waals surface area contributed by atoms with Gasteiger partial charge in [0.15, 0.2) is 11.6 Å². The molecular formula is C14H8BrF5O. The molecule has 21 heavy (non-hydrogen) atoms. The lowest BCUT2D eigenvalue weighted by Crippen LogP contribution is -2.06. The zero-order chi connectivity index (χ0) is 15.6. The first-order valence-corrected chi connectivity index (χ1v) is 6.50. The van der Waals surface area contributed by atoms with Gasteiger partial charge in [-0.2, -0.15) is 13.2 Å². The van der Waals surface area contributed by atoms with E-state index in [2.05, 4.69) is 15.9 Å². The molecular weight excluding hydrogens is 359 g/mol. The van der Waals surface area contributed by atoms with E-state index in [-0.39, 0.29) is 16.8 Å². The van der Waals surface area contributed by atoms with Crippen LogP contribution in [0, 0.1) is 11.6 Å². The van der Waals surface area contributed by atoms with Gasteiger partial charge in [-0.05, 0) is 35.9 Å². The number of halogens is 6. The molecule has 0 aliphatic carbocycles. The molecule has 0 aliphatic heterocycles. The third kappa shape index (κ3) is 3.93. The average molecular weight is 367 g/mol. The van der Waals surface area contributed by atoms with Gasteiger partial charge in [0, 0.05) is 4.47 Å². The number of hydrogen-bond acceptors (Lipinski definition) is 1. The van der Waals surface area contributed by atoms with Crippen LogP contribution < -0.4 is 4.74 Å². The summed E-state index contributed by atoms with van der Waals surface area (Å²) in [6.07, 6.45) is -4.51. The molecule has 0 unspecified atom stereocenters. The van der Waals surface area contributed by atoms with Crippen LogP contribution in [-0.2, 0) is 12.8 Å². The van der Waals surface area contributed by atoms with Crippen molar-refractivity contribution in [3.05, 3.63) is 63.6 Å². The van der Waals surface area contributed by atoms with Gasteiger partial charge in [0.2, 0.25) is 0 Å². The van der Waals surface area contributed by atoms with Gasteiger partial charge in [-0.15, -0.1) is 0 Å². The lowest BCUT2D eigenvalue weighted by Gasteiger charge is -2.12. The highest BCUT2D eigenvalue weighted by molar-refractivity contribution is 9.10. The molecule has 0 bridgehead atoms. The number of hydrogen-bond donors (Lipinski definition) is 0. The Morgan fingerprint density at radius 3 is 2.29 bits per heavy atom. The third-order valence-corrected chi connectivity index (χ3v) is 3.32. The van der Waals surface area contributed by atoms with Gasteiger partial charge in [-0.1, -0.05) is 22.0 Å². The maximum absolute atomic E-state index is 13.0. The zero-order valence-electron chi connectivity index (χ0n) is 10.3. The number of alkyl halides is 3. The van der Waals surface area contributed by atoms with Crippen LogP contribution in [0.5, 0.6) is 5.75 Å². The lowest BCUT2D eigenvalue weighted by atomic mass is 10.2. The van der Waals surface area contributed by atoms with Crippen LogP contribution in [0.25, 0.3) is 0 Å². The maximum atomic E-state index is 13.0. The second-order valence-electron chi connectivity index (χ2n) is 4.18. The first-order valence-electron chi connectivity index (χ1n) is 5.71. The summed E-state index contributed by atoms with van der Waals surface area (Å²) in [5, 5.41) is 0. The molecule has 2 rings (SSSR count). The third-order valence-electron chi connectivity index (χ3n) is 2.63. The average Bonchev–Trinajstić information content (AvgIpc) is 2.40. The Morgan fingerprint density at radius 2 is 1.67 bits per heavy atom. The number of benzene rings is 2. The SMILES string of the molecule is Fc1ccc(COc2ccc(Br)c(C(F)(F)F)c2)cc1F. The van der Waals surface area contributed by atoms with Crippen molar-refractivity contribution >= 4 is 15.9 Å². The molecule has 0 aromatic heterocycles. The monoisotopic (exact) mass is 366 g/mol. The fourth-order valence-corrected chi connectivity index (χ4v) is 2.08. The summed E-state index contributed by atoms with van der Waals surface area (Å²) in [5.74, 6) is -2.06. The summed E-state index contributed by atoms with van der Waals surface area (Å²) in [4.78, 5) is 0. The molecule has 0 heterocycles. The molecule has 0 radical (unpaired) electrons. The van der Waals surface area contributed by atoms with E-state index in [9.17, 15) is 22.0 Å². The minimum Gasteiger partial charge on any atom is -0.489 e. The molecule has 0 saturated carbocycles. The van der Waals surface area contributed by atoms with Gasteiger partial charge >= 0.3 is 6.18 Å². The molecule has 0 amide bonds. The van der Waals surface area contributed by atoms with Gasteiger partial charge in [0.1, 0.15) is 12.4 Å². The largest absolute Gasteiger partial charge is 0.489 e. The highest BCUT2D eigenvalue weighted by Gasteiger charge is 2.33. The second kappa shape index (κ2) is 6.01. The molecule has 0 saturated heterocycles. The molecule has 0 atom stereocenters. The van der Waals surface area contributed by atoms with Crippen LogP contribution in [0.1, 0.15) is 11.1 Å². The van der Waals surface area contributed by atoms with Crippen molar-refractivity contribution in [2.45, 2.75) is 12.8 Å². The highest BCUT2D eigenvalue weighted by atomic mass is 79.9. The molecule has 0 spiro atoms.